The average molecular weight is 252 g/mol. The lowest BCUT2D eigenvalue weighted by Gasteiger charge is -2.29. The molecule has 1 fully saturated rings. The first-order chi connectivity index (χ1) is 8.84. The molecule has 0 spiro atoms. The Kier molecular flexibility index (Phi) is 3.45. The van der Waals surface area contributed by atoms with Gasteiger partial charge in [-0.3, -0.25) is 4.90 Å². The second kappa shape index (κ2) is 5.22. The van der Waals surface area contributed by atoms with Crippen molar-refractivity contribution in [2.75, 3.05) is 33.0 Å². The quantitative estimate of drug-likeness (QED) is 0.854. The minimum Gasteiger partial charge on any atom is -0.467 e. The molecule has 0 aromatic heterocycles. The number of ether oxygens (including phenoxy) is 2. The summed E-state index contributed by atoms with van der Waals surface area (Å²) >= 11 is 0. The standard InChI is InChI=1S/C13H17FN2O2/c14-12-1-2-13-11(8-17-9-18-13)10(12)7-16-5-3-15-4-6-16/h1-2,15H,3-9H2. The van der Waals surface area contributed by atoms with Gasteiger partial charge in [0.25, 0.3) is 0 Å². The molecule has 0 unspecified atom stereocenters. The zero-order chi connectivity index (χ0) is 12.4. The van der Waals surface area contributed by atoms with Gasteiger partial charge in [-0.15, -0.1) is 0 Å². The van der Waals surface area contributed by atoms with E-state index < -0.39 is 0 Å². The summed E-state index contributed by atoms with van der Waals surface area (Å²) in [6.07, 6.45) is 0. The van der Waals surface area contributed by atoms with Crippen LogP contribution in [-0.2, 0) is 17.9 Å². The molecule has 5 heteroatoms. The molecule has 0 amide bonds. The number of nitrogens with zero attached hydrogens (tertiary/aromatic N) is 1. The highest BCUT2D eigenvalue weighted by Crippen LogP contribution is 2.29. The molecule has 1 saturated heterocycles. The van der Waals surface area contributed by atoms with E-state index in [1.165, 1.54) is 6.07 Å². The Morgan fingerprint density at radius 2 is 2.11 bits per heavy atom. The molecule has 1 N–H and O–H groups in total. The van der Waals surface area contributed by atoms with Crippen molar-refractivity contribution in [3.8, 4) is 5.75 Å². The van der Waals surface area contributed by atoms with Crippen molar-refractivity contribution < 1.29 is 13.9 Å². The first-order valence-corrected chi connectivity index (χ1v) is 6.28. The van der Waals surface area contributed by atoms with Crippen LogP contribution in [0.1, 0.15) is 11.1 Å². The summed E-state index contributed by atoms with van der Waals surface area (Å²) in [5, 5.41) is 3.29. The first-order valence-electron chi connectivity index (χ1n) is 6.28. The average Bonchev–Trinajstić information content (AvgIpc) is 2.43. The van der Waals surface area contributed by atoms with E-state index in [-0.39, 0.29) is 12.6 Å². The van der Waals surface area contributed by atoms with Crippen LogP contribution in [0.5, 0.6) is 5.75 Å². The molecule has 0 saturated carbocycles. The zero-order valence-electron chi connectivity index (χ0n) is 10.2. The van der Waals surface area contributed by atoms with Gasteiger partial charge < -0.3 is 14.8 Å². The monoisotopic (exact) mass is 252 g/mol. The summed E-state index contributed by atoms with van der Waals surface area (Å²) in [4.78, 5) is 2.25. The van der Waals surface area contributed by atoms with Crippen molar-refractivity contribution >= 4 is 0 Å². The Morgan fingerprint density at radius 1 is 1.28 bits per heavy atom. The molecule has 2 aliphatic rings. The largest absolute Gasteiger partial charge is 0.467 e. The van der Waals surface area contributed by atoms with Gasteiger partial charge in [-0.1, -0.05) is 0 Å². The predicted octanol–water partition coefficient (Wildman–Crippen LogP) is 1.10. The Hall–Kier alpha value is -1.17. The molecule has 2 heterocycles. The maximum absolute atomic E-state index is 14.0. The first kappa shape index (κ1) is 11.9. The fraction of sp³-hybridized carbons (Fsp3) is 0.538. The van der Waals surface area contributed by atoms with E-state index in [0.29, 0.717) is 18.7 Å². The summed E-state index contributed by atoms with van der Waals surface area (Å²) in [5.74, 6) is 0.592. The third-order valence-corrected chi connectivity index (χ3v) is 3.47. The van der Waals surface area contributed by atoms with Gasteiger partial charge in [0.1, 0.15) is 11.6 Å². The Balaban J connectivity index is 1.85. The summed E-state index contributed by atoms with van der Waals surface area (Å²) in [5.41, 5.74) is 1.58. The van der Waals surface area contributed by atoms with Gasteiger partial charge in [-0.05, 0) is 12.1 Å². The van der Waals surface area contributed by atoms with Crippen LogP contribution in [0.25, 0.3) is 0 Å². The van der Waals surface area contributed by atoms with Gasteiger partial charge in [0.05, 0.1) is 6.61 Å². The number of rotatable bonds is 2. The van der Waals surface area contributed by atoms with E-state index in [9.17, 15) is 4.39 Å². The summed E-state index contributed by atoms with van der Waals surface area (Å²) in [6.45, 7) is 5.15. The second-order valence-corrected chi connectivity index (χ2v) is 4.64. The fourth-order valence-corrected chi connectivity index (χ4v) is 2.45. The van der Waals surface area contributed by atoms with Crippen LogP contribution < -0.4 is 10.1 Å². The summed E-state index contributed by atoms with van der Waals surface area (Å²) in [6, 6.07) is 3.18. The van der Waals surface area contributed by atoms with Gasteiger partial charge in [-0.25, -0.2) is 4.39 Å². The van der Waals surface area contributed by atoms with Gasteiger partial charge >= 0.3 is 0 Å². The number of hydrogen-bond donors (Lipinski definition) is 1. The normalized spacial score (nSPS) is 20.3. The van der Waals surface area contributed by atoms with Crippen LogP contribution in [0.3, 0.4) is 0 Å². The number of piperazine rings is 1. The molecule has 1 aromatic carbocycles. The highest BCUT2D eigenvalue weighted by Gasteiger charge is 2.21. The Labute approximate surface area is 106 Å². The smallest absolute Gasteiger partial charge is 0.189 e. The van der Waals surface area contributed by atoms with Gasteiger partial charge in [0.15, 0.2) is 6.79 Å². The minimum atomic E-state index is -0.165. The third-order valence-electron chi connectivity index (χ3n) is 3.47. The van der Waals surface area contributed by atoms with Crippen LogP contribution >= 0.6 is 0 Å². The molecule has 18 heavy (non-hydrogen) atoms. The lowest BCUT2D eigenvalue weighted by molar-refractivity contribution is -0.0174. The van der Waals surface area contributed by atoms with Crippen LogP contribution in [0.2, 0.25) is 0 Å². The molecule has 1 aromatic rings. The van der Waals surface area contributed by atoms with E-state index in [0.717, 1.165) is 37.5 Å². The molecule has 0 radical (unpaired) electrons. The second-order valence-electron chi connectivity index (χ2n) is 4.64. The molecule has 4 nitrogen and oxygen atoms in total. The Morgan fingerprint density at radius 3 is 2.94 bits per heavy atom. The predicted molar refractivity (Wildman–Crippen MR) is 64.8 cm³/mol. The van der Waals surface area contributed by atoms with E-state index >= 15 is 0 Å². The molecule has 2 aliphatic heterocycles. The SMILES string of the molecule is Fc1ccc2c(c1CN1CCNCC1)COCO2. The molecule has 0 atom stereocenters. The molecule has 0 aliphatic carbocycles. The van der Waals surface area contributed by atoms with Crippen molar-refractivity contribution in [3.63, 3.8) is 0 Å². The van der Waals surface area contributed by atoms with Crippen LogP contribution in [0, 0.1) is 5.82 Å². The van der Waals surface area contributed by atoms with Crippen molar-refractivity contribution in [1.82, 2.24) is 10.2 Å². The van der Waals surface area contributed by atoms with Crippen LogP contribution in [0.15, 0.2) is 12.1 Å². The maximum Gasteiger partial charge on any atom is 0.189 e. The van der Waals surface area contributed by atoms with Gasteiger partial charge in [0.2, 0.25) is 0 Å². The van der Waals surface area contributed by atoms with Crippen molar-refractivity contribution in [2.45, 2.75) is 13.2 Å². The number of halogens is 1. The van der Waals surface area contributed by atoms with E-state index in [1.54, 1.807) is 6.07 Å². The third kappa shape index (κ3) is 2.34. The number of fused-ring (bicyclic) bond motifs is 1. The van der Waals surface area contributed by atoms with E-state index in [2.05, 4.69) is 10.2 Å². The summed E-state index contributed by atoms with van der Waals surface area (Å²) in [7, 11) is 0. The van der Waals surface area contributed by atoms with Crippen molar-refractivity contribution in [2.24, 2.45) is 0 Å². The molecule has 0 bridgehead atoms. The Bertz CT molecular complexity index is 433. The number of hydrogen-bond acceptors (Lipinski definition) is 4. The lowest BCUT2D eigenvalue weighted by Crippen LogP contribution is -2.43. The molecule has 3 rings (SSSR count). The fourth-order valence-electron chi connectivity index (χ4n) is 2.45. The zero-order valence-corrected chi connectivity index (χ0v) is 10.2. The van der Waals surface area contributed by atoms with E-state index in [1.807, 2.05) is 0 Å². The number of nitrogens with one attached hydrogen (secondary N) is 1. The molecule has 98 valence electrons. The van der Waals surface area contributed by atoms with E-state index in [4.69, 9.17) is 9.47 Å². The summed E-state index contributed by atoms with van der Waals surface area (Å²) < 4.78 is 24.6. The van der Waals surface area contributed by atoms with Gasteiger partial charge in [-0.2, -0.15) is 0 Å². The van der Waals surface area contributed by atoms with Crippen molar-refractivity contribution in [1.29, 1.82) is 0 Å². The van der Waals surface area contributed by atoms with Crippen LogP contribution in [-0.4, -0.2) is 37.9 Å². The molecular formula is C13H17FN2O2. The van der Waals surface area contributed by atoms with Crippen LogP contribution in [0.4, 0.5) is 4.39 Å². The topological polar surface area (TPSA) is 33.7 Å². The highest BCUT2D eigenvalue weighted by atomic mass is 19.1. The highest BCUT2D eigenvalue weighted by molar-refractivity contribution is 5.41. The molecular weight excluding hydrogens is 235 g/mol. The number of benzene rings is 1. The van der Waals surface area contributed by atoms with Crippen molar-refractivity contribution in [3.05, 3.63) is 29.1 Å². The minimum absolute atomic E-state index is 0.165. The van der Waals surface area contributed by atoms with Gasteiger partial charge in [0, 0.05) is 43.9 Å². The maximum atomic E-state index is 14.0. The lowest BCUT2D eigenvalue weighted by atomic mass is 10.0.